The molecule has 0 saturated carbocycles. The first-order chi connectivity index (χ1) is 13.3. The number of ether oxygens (including phenoxy) is 1. The molecule has 2 amide bonds. The van der Waals surface area contributed by atoms with E-state index in [0.717, 1.165) is 25.9 Å². The van der Waals surface area contributed by atoms with Crippen molar-refractivity contribution in [3.8, 4) is 0 Å². The summed E-state index contributed by atoms with van der Waals surface area (Å²) in [6, 6.07) is 5.00. The topological polar surface area (TPSA) is 49.9 Å². The van der Waals surface area contributed by atoms with Crippen molar-refractivity contribution in [1.29, 1.82) is 0 Å². The van der Waals surface area contributed by atoms with E-state index in [4.69, 9.17) is 27.9 Å². The zero-order valence-corrected chi connectivity index (χ0v) is 18.0. The van der Waals surface area contributed by atoms with Gasteiger partial charge in [0.2, 0.25) is 0 Å². The van der Waals surface area contributed by atoms with Crippen LogP contribution in [0.3, 0.4) is 0 Å². The van der Waals surface area contributed by atoms with E-state index >= 15 is 0 Å². The molecule has 1 fully saturated rings. The number of halogens is 2. The Kier molecular flexibility index (Phi) is 6.69. The zero-order chi connectivity index (χ0) is 20.4. The summed E-state index contributed by atoms with van der Waals surface area (Å²) in [4.78, 5) is 29.7. The molecule has 28 heavy (non-hydrogen) atoms. The molecule has 0 N–H and O–H groups in total. The quantitative estimate of drug-likeness (QED) is 0.641. The van der Waals surface area contributed by atoms with E-state index in [2.05, 4.69) is 6.92 Å². The lowest BCUT2D eigenvalue weighted by Gasteiger charge is -2.32. The molecule has 5 nitrogen and oxygen atoms in total. The Hall–Kier alpha value is -1.56. The van der Waals surface area contributed by atoms with E-state index in [1.807, 2.05) is 18.7 Å². The molecule has 152 valence electrons. The summed E-state index contributed by atoms with van der Waals surface area (Å²) < 4.78 is 5.55. The third-order valence-corrected chi connectivity index (χ3v) is 5.76. The van der Waals surface area contributed by atoms with Gasteiger partial charge in [-0.25, -0.2) is 0 Å². The summed E-state index contributed by atoms with van der Waals surface area (Å²) in [6.45, 7) is 8.08. The van der Waals surface area contributed by atoms with Crippen LogP contribution in [0.4, 0.5) is 0 Å². The van der Waals surface area contributed by atoms with Gasteiger partial charge in [-0.3, -0.25) is 14.5 Å². The van der Waals surface area contributed by atoms with Gasteiger partial charge in [0.15, 0.2) is 0 Å². The normalized spacial score (nSPS) is 18.8. The van der Waals surface area contributed by atoms with Crippen molar-refractivity contribution in [2.75, 3.05) is 26.2 Å². The standard InChI is InChI=1S/C21H26Cl2N2O3/c1-13(2)28-11-10-25-20(26)18(16-5-4-15(22)12-17(16)23)19(21(25)27)24-8-6-14(3)7-9-24/h4-5,12-14H,6-11H2,1-3H3. The maximum absolute atomic E-state index is 13.2. The minimum atomic E-state index is -0.324. The van der Waals surface area contributed by atoms with Crippen molar-refractivity contribution < 1.29 is 14.3 Å². The van der Waals surface area contributed by atoms with Crippen molar-refractivity contribution in [3.05, 3.63) is 39.5 Å². The van der Waals surface area contributed by atoms with Crippen molar-refractivity contribution in [1.82, 2.24) is 9.80 Å². The number of imide groups is 1. The van der Waals surface area contributed by atoms with Crippen LogP contribution in [-0.2, 0) is 14.3 Å². The van der Waals surface area contributed by atoms with Crippen molar-refractivity contribution in [3.63, 3.8) is 0 Å². The van der Waals surface area contributed by atoms with Crippen molar-refractivity contribution >= 4 is 40.6 Å². The molecule has 0 bridgehead atoms. The van der Waals surface area contributed by atoms with E-state index in [-0.39, 0.29) is 24.5 Å². The van der Waals surface area contributed by atoms with Crippen LogP contribution < -0.4 is 0 Å². The number of hydrogen-bond donors (Lipinski definition) is 0. The lowest BCUT2D eigenvalue weighted by atomic mass is 9.97. The predicted molar refractivity (Wildman–Crippen MR) is 111 cm³/mol. The Bertz CT molecular complexity index is 799. The van der Waals surface area contributed by atoms with Crippen LogP contribution >= 0.6 is 23.2 Å². The van der Waals surface area contributed by atoms with Gasteiger partial charge in [0.1, 0.15) is 5.70 Å². The number of piperidine rings is 1. The molecule has 0 atom stereocenters. The highest BCUT2D eigenvalue weighted by atomic mass is 35.5. The molecule has 0 unspecified atom stereocenters. The van der Waals surface area contributed by atoms with Gasteiger partial charge in [-0.15, -0.1) is 0 Å². The van der Waals surface area contributed by atoms with Gasteiger partial charge >= 0.3 is 0 Å². The number of nitrogens with zero attached hydrogens (tertiary/aromatic N) is 2. The summed E-state index contributed by atoms with van der Waals surface area (Å²) in [5, 5.41) is 0.855. The van der Waals surface area contributed by atoms with Gasteiger partial charge in [-0.05, 0) is 44.7 Å². The molecule has 0 radical (unpaired) electrons. The first kappa shape index (κ1) is 21.2. The number of hydrogen-bond acceptors (Lipinski definition) is 4. The first-order valence-electron chi connectivity index (χ1n) is 9.72. The Balaban J connectivity index is 1.97. The minimum Gasteiger partial charge on any atom is -0.377 e. The molecule has 0 aromatic heterocycles. The number of amides is 2. The maximum atomic E-state index is 13.2. The van der Waals surface area contributed by atoms with E-state index in [0.29, 0.717) is 39.4 Å². The summed E-state index contributed by atoms with van der Waals surface area (Å²) in [5.74, 6) is 0.0188. The van der Waals surface area contributed by atoms with Gasteiger partial charge in [-0.1, -0.05) is 36.2 Å². The molecule has 3 rings (SSSR count). The predicted octanol–water partition coefficient (Wildman–Crippen LogP) is 4.23. The van der Waals surface area contributed by atoms with Crippen LogP contribution in [0, 0.1) is 5.92 Å². The monoisotopic (exact) mass is 424 g/mol. The van der Waals surface area contributed by atoms with E-state index in [1.54, 1.807) is 18.2 Å². The van der Waals surface area contributed by atoms with Crippen molar-refractivity contribution in [2.24, 2.45) is 5.92 Å². The van der Waals surface area contributed by atoms with E-state index in [1.165, 1.54) is 4.90 Å². The molecule has 1 aromatic rings. The van der Waals surface area contributed by atoms with Gasteiger partial charge in [0.25, 0.3) is 11.8 Å². The molecule has 1 saturated heterocycles. The van der Waals surface area contributed by atoms with Crippen LogP contribution in [0.5, 0.6) is 0 Å². The highest BCUT2D eigenvalue weighted by Crippen LogP contribution is 2.37. The molecular formula is C21H26Cl2N2O3. The van der Waals surface area contributed by atoms with Crippen LogP contribution in [0.25, 0.3) is 5.57 Å². The number of likely N-dealkylation sites (tertiary alicyclic amines) is 1. The molecule has 2 aliphatic heterocycles. The van der Waals surface area contributed by atoms with Gasteiger partial charge < -0.3 is 9.64 Å². The summed E-state index contributed by atoms with van der Waals surface area (Å²) >= 11 is 12.4. The van der Waals surface area contributed by atoms with Gasteiger partial charge in [-0.2, -0.15) is 0 Å². The molecule has 2 heterocycles. The largest absolute Gasteiger partial charge is 0.377 e. The smallest absolute Gasteiger partial charge is 0.277 e. The Labute approximate surface area is 176 Å². The molecule has 2 aliphatic rings. The Morgan fingerprint density at radius 1 is 1.14 bits per heavy atom. The SMILES string of the molecule is CC1CCN(C2=C(c3ccc(Cl)cc3Cl)C(=O)N(CCOC(C)C)C2=O)CC1. The maximum Gasteiger partial charge on any atom is 0.277 e. The third kappa shape index (κ3) is 4.37. The second kappa shape index (κ2) is 8.85. The Morgan fingerprint density at radius 2 is 1.82 bits per heavy atom. The van der Waals surface area contributed by atoms with Crippen LogP contribution in [0.2, 0.25) is 10.0 Å². The number of carbonyl (C=O) groups excluding carboxylic acids is 2. The van der Waals surface area contributed by atoms with Crippen molar-refractivity contribution in [2.45, 2.75) is 39.7 Å². The minimum absolute atomic E-state index is 0.0361. The fraction of sp³-hybridized carbons (Fsp3) is 0.524. The number of benzene rings is 1. The first-order valence-corrected chi connectivity index (χ1v) is 10.5. The average molecular weight is 425 g/mol. The fourth-order valence-electron chi connectivity index (χ4n) is 3.61. The fourth-order valence-corrected chi connectivity index (χ4v) is 4.11. The lowest BCUT2D eigenvalue weighted by molar-refractivity contribution is -0.138. The second-order valence-corrected chi connectivity index (χ2v) is 8.54. The van der Waals surface area contributed by atoms with Crippen LogP contribution in [0.15, 0.2) is 23.9 Å². The molecule has 1 aromatic carbocycles. The van der Waals surface area contributed by atoms with Crippen LogP contribution in [0.1, 0.15) is 39.2 Å². The summed E-state index contributed by atoms with van der Waals surface area (Å²) in [6.07, 6.45) is 2.01. The van der Waals surface area contributed by atoms with E-state index < -0.39 is 0 Å². The zero-order valence-electron chi connectivity index (χ0n) is 16.5. The molecule has 7 heteroatoms. The lowest BCUT2D eigenvalue weighted by Crippen LogP contribution is -2.39. The number of carbonyl (C=O) groups is 2. The van der Waals surface area contributed by atoms with Crippen LogP contribution in [-0.4, -0.2) is 54.0 Å². The molecule has 0 spiro atoms. The average Bonchev–Trinajstić information content (AvgIpc) is 2.87. The second-order valence-electron chi connectivity index (χ2n) is 7.70. The van der Waals surface area contributed by atoms with E-state index in [9.17, 15) is 9.59 Å². The molecule has 0 aliphatic carbocycles. The highest BCUT2D eigenvalue weighted by molar-refractivity contribution is 6.41. The Morgan fingerprint density at radius 3 is 2.43 bits per heavy atom. The third-order valence-electron chi connectivity index (χ3n) is 5.21. The summed E-state index contributed by atoms with van der Waals surface area (Å²) in [7, 11) is 0. The highest BCUT2D eigenvalue weighted by Gasteiger charge is 2.42. The summed E-state index contributed by atoms with van der Waals surface area (Å²) in [5.41, 5.74) is 1.36. The number of rotatable bonds is 6. The van der Waals surface area contributed by atoms with Gasteiger partial charge in [0, 0.05) is 23.7 Å². The van der Waals surface area contributed by atoms with Gasteiger partial charge in [0.05, 0.1) is 29.9 Å². The molecular weight excluding hydrogens is 399 g/mol.